The van der Waals surface area contributed by atoms with Gasteiger partial charge < -0.3 is 15.2 Å². The van der Waals surface area contributed by atoms with Crippen molar-refractivity contribution in [1.29, 1.82) is 5.41 Å². The van der Waals surface area contributed by atoms with Crippen molar-refractivity contribution < 1.29 is 9.47 Å². The largest absolute Gasteiger partial charge is 0.497 e. The summed E-state index contributed by atoms with van der Waals surface area (Å²) in [5.74, 6) is 1.64. The number of nitrogen functional groups attached to an aromatic ring is 1. The summed E-state index contributed by atoms with van der Waals surface area (Å²) in [7, 11) is 1.64. The molecule has 98 valence electrons. The number of ether oxygens (including phenoxy) is 2. The number of methoxy groups -OCH3 is 1. The van der Waals surface area contributed by atoms with Gasteiger partial charge in [0.1, 0.15) is 23.9 Å². The minimum absolute atomic E-state index is 0.0571. The fraction of sp³-hybridized carbons (Fsp3) is 0.133. The molecule has 3 N–H and O–H groups in total. The quantitative estimate of drug-likeness (QED) is 0.638. The van der Waals surface area contributed by atoms with Gasteiger partial charge >= 0.3 is 0 Å². The van der Waals surface area contributed by atoms with Crippen LogP contribution in [0.15, 0.2) is 48.5 Å². The summed E-state index contributed by atoms with van der Waals surface area (Å²) in [5.41, 5.74) is 7.14. The Hall–Kier alpha value is -2.49. The molecule has 0 saturated carbocycles. The summed E-state index contributed by atoms with van der Waals surface area (Å²) in [6.45, 7) is 0.489. The Kier molecular flexibility index (Phi) is 4.03. The maximum Gasteiger partial charge on any atom is 0.122 e. The summed E-state index contributed by atoms with van der Waals surface area (Å²) in [4.78, 5) is 0. The van der Waals surface area contributed by atoms with E-state index in [2.05, 4.69) is 0 Å². The second-order valence-electron chi connectivity index (χ2n) is 4.07. The van der Waals surface area contributed by atoms with Crippen molar-refractivity contribution in [1.82, 2.24) is 0 Å². The summed E-state index contributed by atoms with van der Waals surface area (Å²) in [5, 5.41) is 7.31. The van der Waals surface area contributed by atoms with E-state index in [4.69, 9.17) is 20.6 Å². The molecule has 4 nitrogen and oxygen atoms in total. The first-order chi connectivity index (χ1) is 9.19. The Bertz CT molecular complexity index is 547. The van der Waals surface area contributed by atoms with E-state index < -0.39 is 0 Å². The van der Waals surface area contributed by atoms with Gasteiger partial charge in [-0.2, -0.15) is 0 Å². The average molecular weight is 256 g/mol. The molecule has 2 rings (SSSR count). The van der Waals surface area contributed by atoms with Crippen molar-refractivity contribution in [3.8, 4) is 11.5 Å². The van der Waals surface area contributed by atoms with Crippen LogP contribution < -0.4 is 15.2 Å². The molecule has 2 aromatic carbocycles. The first kappa shape index (κ1) is 13.0. The first-order valence-electron chi connectivity index (χ1n) is 5.89. The van der Waals surface area contributed by atoms with Crippen LogP contribution >= 0.6 is 0 Å². The zero-order chi connectivity index (χ0) is 13.7. The lowest BCUT2D eigenvalue weighted by molar-refractivity contribution is 0.306. The monoisotopic (exact) mass is 256 g/mol. The Morgan fingerprint density at radius 2 is 1.58 bits per heavy atom. The SMILES string of the molecule is COc1ccc(COc2ccc(C(=N)N)cc2)cc1. The van der Waals surface area contributed by atoms with Crippen LogP contribution in [0.2, 0.25) is 0 Å². The Morgan fingerprint density at radius 1 is 1.00 bits per heavy atom. The van der Waals surface area contributed by atoms with E-state index in [9.17, 15) is 0 Å². The normalized spacial score (nSPS) is 9.95. The van der Waals surface area contributed by atoms with Crippen molar-refractivity contribution >= 4 is 5.84 Å². The summed E-state index contributed by atoms with van der Waals surface area (Å²) in [6, 6.07) is 14.9. The molecule has 2 aromatic rings. The van der Waals surface area contributed by atoms with Crippen LogP contribution in [-0.4, -0.2) is 12.9 Å². The highest BCUT2D eigenvalue weighted by Crippen LogP contribution is 2.16. The van der Waals surface area contributed by atoms with Gasteiger partial charge in [0.15, 0.2) is 0 Å². The topological polar surface area (TPSA) is 68.3 Å². The summed E-state index contributed by atoms with van der Waals surface area (Å²) < 4.78 is 10.7. The maximum atomic E-state index is 7.31. The predicted octanol–water partition coefficient (Wildman–Crippen LogP) is 2.56. The third-order valence-corrected chi connectivity index (χ3v) is 2.73. The van der Waals surface area contributed by atoms with Gasteiger partial charge in [0.25, 0.3) is 0 Å². The lowest BCUT2D eigenvalue weighted by Gasteiger charge is -2.07. The molecule has 0 amide bonds. The third-order valence-electron chi connectivity index (χ3n) is 2.73. The molecule has 0 fully saturated rings. The van der Waals surface area contributed by atoms with Crippen LogP contribution in [0.4, 0.5) is 0 Å². The van der Waals surface area contributed by atoms with Crippen LogP contribution in [0.25, 0.3) is 0 Å². The van der Waals surface area contributed by atoms with Crippen LogP contribution in [0.5, 0.6) is 11.5 Å². The number of benzene rings is 2. The van der Waals surface area contributed by atoms with E-state index in [1.165, 1.54) is 0 Å². The summed E-state index contributed by atoms with van der Waals surface area (Å²) in [6.07, 6.45) is 0. The molecule has 0 unspecified atom stereocenters. The summed E-state index contributed by atoms with van der Waals surface area (Å²) >= 11 is 0. The van der Waals surface area contributed by atoms with E-state index in [0.717, 1.165) is 17.1 Å². The number of rotatable bonds is 5. The fourth-order valence-corrected chi connectivity index (χ4v) is 1.62. The van der Waals surface area contributed by atoms with Crippen molar-refractivity contribution in [3.05, 3.63) is 59.7 Å². The molecule has 0 heterocycles. The minimum Gasteiger partial charge on any atom is -0.497 e. The highest BCUT2D eigenvalue weighted by atomic mass is 16.5. The standard InChI is InChI=1S/C15H16N2O2/c1-18-13-6-2-11(3-7-13)10-19-14-8-4-12(5-9-14)15(16)17/h2-9H,10H2,1H3,(H3,16,17). The Morgan fingerprint density at radius 3 is 2.11 bits per heavy atom. The van der Waals surface area contributed by atoms with E-state index in [1.807, 2.05) is 24.3 Å². The second-order valence-corrected chi connectivity index (χ2v) is 4.07. The molecule has 19 heavy (non-hydrogen) atoms. The highest BCUT2D eigenvalue weighted by Gasteiger charge is 1.99. The lowest BCUT2D eigenvalue weighted by atomic mass is 10.2. The molecule has 0 atom stereocenters. The van der Waals surface area contributed by atoms with Crippen LogP contribution in [0.1, 0.15) is 11.1 Å². The van der Waals surface area contributed by atoms with Gasteiger partial charge in [-0.1, -0.05) is 12.1 Å². The van der Waals surface area contributed by atoms with Gasteiger partial charge in [-0.25, -0.2) is 0 Å². The number of hydrogen-bond acceptors (Lipinski definition) is 3. The Balaban J connectivity index is 1.95. The molecule has 0 radical (unpaired) electrons. The molecule has 4 heteroatoms. The van der Waals surface area contributed by atoms with Crippen molar-refractivity contribution in [3.63, 3.8) is 0 Å². The van der Waals surface area contributed by atoms with Gasteiger partial charge in [0.2, 0.25) is 0 Å². The fourth-order valence-electron chi connectivity index (χ4n) is 1.62. The van der Waals surface area contributed by atoms with Crippen molar-refractivity contribution in [2.45, 2.75) is 6.61 Å². The van der Waals surface area contributed by atoms with E-state index in [1.54, 1.807) is 31.4 Å². The zero-order valence-electron chi connectivity index (χ0n) is 10.7. The molecule has 0 saturated heterocycles. The molecular weight excluding hydrogens is 240 g/mol. The molecular formula is C15H16N2O2. The zero-order valence-corrected chi connectivity index (χ0v) is 10.7. The lowest BCUT2D eigenvalue weighted by Crippen LogP contribution is -2.10. The molecule has 0 aliphatic rings. The van der Waals surface area contributed by atoms with Gasteiger partial charge in [0, 0.05) is 5.56 Å². The number of nitrogens with two attached hydrogens (primary N) is 1. The minimum atomic E-state index is 0.0571. The maximum absolute atomic E-state index is 7.31. The van der Waals surface area contributed by atoms with Gasteiger partial charge in [0.05, 0.1) is 7.11 Å². The number of nitrogens with one attached hydrogen (secondary N) is 1. The van der Waals surface area contributed by atoms with Crippen LogP contribution in [0, 0.1) is 5.41 Å². The van der Waals surface area contributed by atoms with Crippen LogP contribution in [0.3, 0.4) is 0 Å². The van der Waals surface area contributed by atoms with E-state index in [0.29, 0.717) is 12.2 Å². The van der Waals surface area contributed by atoms with Gasteiger partial charge in [-0.05, 0) is 42.0 Å². The molecule has 0 aliphatic carbocycles. The number of hydrogen-bond donors (Lipinski definition) is 2. The van der Waals surface area contributed by atoms with E-state index >= 15 is 0 Å². The molecule has 0 aromatic heterocycles. The third kappa shape index (κ3) is 3.48. The smallest absolute Gasteiger partial charge is 0.122 e. The first-order valence-corrected chi connectivity index (χ1v) is 5.89. The molecule has 0 spiro atoms. The Labute approximate surface area is 112 Å². The van der Waals surface area contributed by atoms with Crippen molar-refractivity contribution in [2.75, 3.05) is 7.11 Å². The van der Waals surface area contributed by atoms with E-state index in [-0.39, 0.29) is 5.84 Å². The van der Waals surface area contributed by atoms with Gasteiger partial charge in [-0.3, -0.25) is 5.41 Å². The highest BCUT2D eigenvalue weighted by molar-refractivity contribution is 5.94. The van der Waals surface area contributed by atoms with Crippen LogP contribution in [-0.2, 0) is 6.61 Å². The number of amidine groups is 1. The molecule has 0 aliphatic heterocycles. The van der Waals surface area contributed by atoms with Crippen molar-refractivity contribution in [2.24, 2.45) is 5.73 Å². The second kappa shape index (κ2) is 5.91. The van der Waals surface area contributed by atoms with Gasteiger partial charge in [-0.15, -0.1) is 0 Å². The predicted molar refractivity (Wildman–Crippen MR) is 74.8 cm³/mol. The average Bonchev–Trinajstić information content (AvgIpc) is 2.46. The molecule has 0 bridgehead atoms.